The van der Waals surface area contributed by atoms with Crippen molar-refractivity contribution in [2.75, 3.05) is 6.61 Å². The summed E-state index contributed by atoms with van der Waals surface area (Å²) in [6.45, 7) is 4.47. The molecule has 1 aromatic heterocycles. The quantitative estimate of drug-likeness (QED) is 0.824. The van der Waals surface area contributed by atoms with Crippen LogP contribution in [-0.4, -0.2) is 35.7 Å². The predicted molar refractivity (Wildman–Crippen MR) is 91.6 cm³/mol. The Hall–Kier alpha value is -1.82. The zero-order valence-electron chi connectivity index (χ0n) is 15.0. The van der Waals surface area contributed by atoms with E-state index in [2.05, 4.69) is 5.32 Å². The molecule has 1 amide bonds. The molecular weight excluding hydrogens is 322 g/mol. The van der Waals surface area contributed by atoms with Crippen LogP contribution < -0.4 is 5.32 Å². The van der Waals surface area contributed by atoms with Crippen LogP contribution in [0.4, 0.5) is 0 Å². The van der Waals surface area contributed by atoms with E-state index in [1.165, 1.54) is 25.5 Å². The molecule has 0 aliphatic heterocycles. The summed E-state index contributed by atoms with van der Waals surface area (Å²) >= 11 is 0. The molecular formula is C19H27NO5. The van der Waals surface area contributed by atoms with Gasteiger partial charge in [-0.2, -0.15) is 0 Å². The third kappa shape index (κ3) is 3.32. The van der Waals surface area contributed by atoms with Crippen LogP contribution in [0.1, 0.15) is 67.1 Å². The number of nitrogens with one attached hydrogen (secondary N) is 1. The summed E-state index contributed by atoms with van der Waals surface area (Å²) in [5.41, 5.74) is 1.08. The molecule has 0 bridgehead atoms. The number of aliphatic carboxylic acids is 1. The first-order chi connectivity index (χ1) is 12.0. The molecule has 138 valence electrons. The van der Waals surface area contributed by atoms with E-state index in [-0.39, 0.29) is 35.6 Å². The first-order valence-electron chi connectivity index (χ1n) is 9.19. The molecule has 0 saturated heterocycles. The van der Waals surface area contributed by atoms with Gasteiger partial charge < -0.3 is 19.6 Å². The Morgan fingerprint density at radius 2 is 2.08 bits per heavy atom. The van der Waals surface area contributed by atoms with Gasteiger partial charge in [-0.05, 0) is 33.1 Å². The van der Waals surface area contributed by atoms with Crippen molar-refractivity contribution in [1.82, 2.24) is 5.32 Å². The number of hydrogen-bond acceptors (Lipinski definition) is 4. The average molecular weight is 349 g/mol. The Kier molecular flexibility index (Phi) is 5.18. The van der Waals surface area contributed by atoms with Crippen LogP contribution in [0.3, 0.4) is 0 Å². The smallest absolute Gasteiger partial charge is 0.311 e. The molecule has 2 unspecified atom stereocenters. The van der Waals surface area contributed by atoms with Crippen molar-refractivity contribution in [3.05, 3.63) is 23.2 Å². The lowest BCUT2D eigenvalue weighted by molar-refractivity contribution is -0.146. The first kappa shape index (κ1) is 18.0. The SMILES string of the molecule is CCOC1CC(NC(=O)c2c(C)coc2CC(=O)O)C12CCCCC2. The van der Waals surface area contributed by atoms with E-state index in [0.29, 0.717) is 17.7 Å². The van der Waals surface area contributed by atoms with Gasteiger partial charge in [-0.25, -0.2) is 0 Å². The lowest BCUT2D eigenvalue weighted by atomic mass is 9.55. The molecule has 25 heavy (non-hydrogen) atoms. The number of hydrogen-bond donors (Lipinski definition) is 2. The van der Waals surface area contributed by atoms with Crippen molar-refractivity contribution >= 4 is 11.9 Å². The highest BCUT2D eigenvalue weighted by Crippen LogP contribution is 2.53. The number of carboxylic acid groups (broad SMARTS) is 1. The van der Waals surface area contributed by atoms with Crippen LogP contribution in [0, 0.1) is 12.3 Å². The van der Waals surface area contributed by atoms with Gasteiger partial charge in [0.2, 0.25) is 0 Å². The van der Waals surface area contributed by atoms with E-state index in [9.17, 15) is 9.59 Å². The predicted octanol–water partition coefficient (Wildman–Crippen LogP) is 3.07. The number of amides is 1. The average Bonchev–Trinajstić information content (AvgIpc) is 2.94. The number of ether oxygens (including phenoxy) is 1. The van der Waals surface area contributed by atoms with E-state index in [1.54, 1.807) is 6.92 Å². The largest absolute Gasteiger partial charge is 0.481 e. The summed E-state index contributed by atoms with van der Waals surface area (Å²) in [5, 5.41) is 12.2. The molecule has 2 N–H and O–H groups in total. The maximum atomic E-state index is 12.8. The molecule has 1 aromatic rings. The summed E-state index contributed by atoms with van der Waals surface area (Å²) < 4.78 is 11.2. The van der Waals surface area contributed by atoms with Gasteiger partial charge in [0, 0.05) is 23.6 Å². The number of furan rings is 1. The summed E-state index contributed by atoms with van der Waals surface area (Å²) in [6, 6.07) is 0.0869. The lowest BCUT2D eigenvalue weighted by Crippen LogP contribution is -2.65. The van der Waals surface area contributed by atoms with E-state index < -0.39 is 5.97 Å². The van der Waals surface area contributed by atoms with Crippen molar-refractivity contribution in [2.24, 2.45) is 5.41 Å². The van der Waals surface area contributed by atoms with Crippen molar-refractivity contribution in [3.63, 3.8) is 0 Å². The molecule has 1 spiro atoms. The fourth-order valence-corrected chi connectivity index (χ4v) is 4.57. The zero-order valence-corrected chi connectivity index (χ0v) is 15.0. The lowest BCUT2D eigenvalue weighted by Gasteiger charge is -2.57. The molecule has 2 aliphatic carbocycles. The highest BCUT2D eigenvalue weighted by atomic mass is 16.5. The monoisotopic (exact) mass is 349 g/mol. The molecule has 2 saturated carbocycles. The van der Waals surface area contributed by atoms with E-state index in [1.807, 2.05) is 6.92 Å². The number of aryl methyl sites for hydroxylation is 1. The van der Waals surface area contributed by atoms with Crippen molar-refractivity contribution in [1.29, 1.82) is 0 Å². The highest BCUT2D eigenvalue weighted by molar-refractivity contribution is 5.97. The van der Waals surface area contributed by atoms with Crippen LogP contribution in [0.25, 0.3) is 0 Å². The standard InChI is InChI=1S/C19H27NO5/c1-3-24-15-10-14(19(15)7-5-4-6-8-19)20-18(23)17-12(2)11-25-13(17)9-16(21)22/h11,14-15H,3-10H2,1-2H3,(H,20,23)(H,21,22). The first-order valence-corrected chi connectivity index (χ1v) is 9.19. The van der Waals surface area contributed by atoms with Crippen LogP contribution in [0.5, 0.6) is 0 Å². The molecule has 2 atom stereocenters. The second-order valence-corrected chi connectivity index (χ2v) is 7.29. The Balaban J connectivity index is 1.75. The number of rotatable bonds is 6. The van der Waals surface area contributed by atoms with Crippen molar-refractivity contribution in [2.45, 2.75) is 70.9 Å². The summed E-state index contributed by atoms with van der Waals surface area (Å²) in [4.78, 5) is 23.8. The Morgan fingerprint density at radius 1 is 1.36 bits per heavy atom. The summed E-state index contributed by atoms with van der Waals surface area (Å²) in [7, 11) is 0. The zero-order chi connectivity index (χ0) is 18.0. The second-order valence-electron chi connectivity index (χ2n) is 7.29. The molecule has 0 aromatic carbocycles. The number of carbonyl (C=O) groups is 2. The minimum Gasteiger partial charge on any atom is -0.481 e. The molecule has 3 rings (SSSR count). The van der Waals surface area contributed by atoms with Gasteiger partial charge in [0.25, 0.3) is 5.91 Å². The second kappa shape index (κ2) is 7.20. The Labute approximate surface area is 147 Å². The highest BCUT2D eigenvalue weighted by Gasteiger charge is 2.56. The van der Waals surface area contributed by atoms with Crippen LogP contribution in [0.2, 0.25) is 0 Å². The third-order valence-electron chi connectivity index (χ3n) is 5.83. The van der Waals surface area contributed by atoms with Gasteiger partial charge in [-0.15, -0.1) is 0 Å². The fraction of sp³-hybridized carbons (Fsp3) is 0.684. The fourth-order valence-electron chi connectivity index (χ4n) is 4.57. The van der Waals surface area contributed by atoms with Crippen molar-refractivity contribution < 1.29 is 23.8 Å². The van der Waals surface area contributed by atoms with E-state index >= 15 is 0 Å². The van der Waals surface area contributed by atoms with Gasteiger partial charge >= 0.3 is 5.97 Å². The van der Waals surface area contributed by atoms with Gasteiger partial charge in [-0.3, -0.25) is 9.59 Å². The van der Waals surface area contributed by atoms with Crippen molar-refractivity contribution in [3.8, 4) is 0 Å². The van der Waals surface area contributed by atoms with Gasteiger partial charge in [0.1, 0.15) is 12.2 Å². The summed E-state index contributed by atoms with van der Waals surface area (Å²) in [5.74, 6) is -1.01. The minimum atomic E-state index is -1.01. The third-order valence-corrected chi connectivity index (χ3v) is 5.83. The minimum absolute atomic E-state index is 0.0362. The maximum absolute atomic E-state index is 12.8. The van der Waals surface area contributed by atoms with E-state index in [0.717, 1.165) is 19.3 Å². The molecule has 2 fully saturated rings. The molecule has 6 nitrogen and oxygen atoms in total. The Bertz CT molecular complexity index is 644. The van der Waals surface area contributed by atoms with Crippen LogP contribution in [0.15, 0.2) is 10.7 Å². The van der Waals surface area contributed by atoms with Gasteiger partial charge in [0.15, 0.2) is 0 Å². The van der Waals surface area contributed by atoms with Crippen LogP contribution in [-0.2, 0) is 16.0 Å². The molecule has 0 radical (unpaired) electrons. The summed E-state index contributed by atoms with van der Waals surface area (Å²) in [6.07, 6.45) is 7.95. The van der Waals surface area contributed by atoms with Gasteiger partial charge in [-0.1, -0.05) is 19.3 Å². The normalized spacial score (nSPS) is 24.7. The topological polar surface area (TPSA) is 88.8 Å². The number of carboxylic acids is 1. The van der Waals surface area contributed by atoms with Gasteiger partial charge in [0.05, 0.1) is 17.9 Å². The van der Waals surface area contributed by atoms with Crippen LogP contribution >= 0.6 is 0 Å². The molecule has 6 heteroatoms. The molecule has 2 aliphatic rings. The maximum Gasteiger partial charge on any atom is 0.311 e. The van der Waals surface area contributed by atoms with E-state index in [4.69, 9.17) is 14.3 Å². The number of carbonyl (C=O) groups excluding carboxylic acids is 1. The molecule has 1 heterocycles. The Morgan fingerprint density at radius 3 is 2.72 bits per heavy atom.